The molecule has 156 valence electrons. The zero-order valence-corrected chi connectivity index (χ0v) is 17.6. The predicted octanol–water partition coefficient (Wildman–Crippen LogP) is 7.19. The monoisotopic (exact) mass is 425 g/mol. The topological polar surface area (TPSA) is 12.0 Å². The van der Waals surface area contributed by atoms with Crippen LogP contribution in [-0.2, 0) is 6.42 Å². The first-order valence-corrected chi connectivity index (χ1v) is 9.76. The Hall–Kier alpha value is -2.01. The van der Waals surface area contributed by atoms with Gasteiger partial charge in [-0.2, -0.15) is 13.2 Å². The molecule has 0 bridgehead atoms. The molecule has 3 rings (SSSR count). The molecule has 0 amide bonds. The molecule has 0 aliphatic heterocycles. The van der Waals surface area contributed by atoms with E-state index in [4.69, 9.17) is 11.6 Å². The average Bonchev–Trinajstić information content (AvgIpc) is 3.16. The zero-order chi connectivity index (χ0) is 21.7. The van der Waals surface area contributed by atoms with Gasteiger partial charge in [0.1, 0.15) is 5.82 Å². The Labute approximate surface area is 173 Å². The molecule has 3 unspecified atom stereocenters. The lowest BCUT2D eigenvalue weighted by Crippen LogP contribution is -2.14. The summed E-state index contributed by atoms with van der Waals surface area (Å²) in [7, 11) is 0. The van der Waals surface area contributed by atoms with Crippen LogP contribution in [0.4, 0.5) is 23.2 Å². The molecule has 1 aliphatic rings. The molecule has 0 radical (unpaired) electrons. The van der Waals surface area contributed by atoms with Gasteiger partial charge in [-0.05, 0) is 67.6 Å². The van der Waals surface area contributed by atoms with Gasteiger partial charge in [0, 0.05) is 23.2 Å². The Morgan fingerprint density at radius 1 is 1.10 bits per heavy atom. The van der Waals surface area contributed by atoms with Gasteiger partial charge < -0.3 is 5.32 Å². The van der Waals surface area contributed by atoms with Gasteiger partial charge in [0.05, 0.1) is 11.3 Å². The van der Waals surface area contributed by atoms with Crippen LogP contribution in [-0.4, -0.2) is 11.1 Å². The number of hydrogen-bond acceptors (Lipinski definition) is 1. The van der Waals surface area contributed by atoms with E-state index in [1.54, 1.807) is 0 Å². The Morgan fingerprint density at radius 2 is 1.76 bits per heavy atom. The van der Waals surface area contributed by atoms with Crippen molar-refractivity contribution in [3.8, 4) is 0 Å². The first-order chi connectivity index (χ1) is 13.3. The third kappa shape index (κ3) is 4.45. The summed E-state index contributed by atoms with van der Waals surface area (Å²) in [4.78, 5) is -0.546. The van der Waals surface area contributed by atoms with E-state index in [-0.39, 0.29) is 23.0 Å². The van der Waals surface area contributed by atoms with Crippen molar-refractivity contribution < 1.29 is 17.6 Å². The van der Waals surface area contributed by atoms with Crippen molar-refractivity contribution in [3.63, 3.8) is 0 Å². The summed E-state index contributed by atoms with van der Waals surface area (Å²) < 4.78 is 52.4. The molecule has 0 aromatic heterocycles. The number of anilines is 1. The molecule has 29 heavy (non-hydrogen) atoms. The van der Waals surface area contributed by atoms with Gasteiger partial charge in [0.2, 0.25) is 0 Å². The molecule has 0 saturated heterocycles. The standard InChI is InChI=1S/C23H24ClF4N/c1-12-6-7-16(8-13(12)2)20-19(22(20,5)24)15(4)29-18-9-14(3)21(25)17(10-18)11-23(26,27)28/h6-10,19-20,29H,4,11H2,1-3,5H3. The minimum atomic E-state index is -4.48. The zero-order valence-electron chi connectivity index (χ0n) is 16.8. The van der Waals surface area contributed by atoms with Crippen LogP contribution in [0.5, 0.6) is 0 Å². The molecule has 1 saturated carbocycles. The van der Waals surface area contributed by atoms with Crippen molar-refractivity contribution in [1.29, 1.82) is 0 Å². The second-order valence-electron chi connectivity index (χ2n) is 8.16. The van der Waals surface area contributed by atoms with E-state index in [1.165, 1.54) is 30.2 Å². The van der Waals surface area contributed by atoms with Crippen molar-refractivity contribution in [1.82, 2.24) is 0 Å². The Kier molecular flexibility index (Phi) is 5.50. The Bertz CT molecular complexity index is 962. The maximum absolute atomic E-state index is 14.1. The van der Waals surface area contributed by atoms with Gasteiger partial charge >= 0.3 is 6.18 Å². The van der Waals surface area contributed by atoms with Crippen molar-refractivity contribution in [3.05, 3.63) is 76.2 Å². The molecule has 1 N–H and O–H groups in total. The third-order valence-corrected chi connectivity index (χ3v) is 6.20. The Balaban J connectivity index is 1.82. The highest BCUT2D eigenvalue weighted by Gasteiger charge is 2.62. The van der Waals surface area contributed by atoms with Gasteiger partial charge in [-0.3, -0.25) is 0 Å². The average molecular weight is 426 g/mol. The summed E-state index contributed by atoms with van der Waals surface area (Å²) in [5, 5.41) is 3.07. The van der Waals surface area contributed by atoms with Crippen LogP contribution in [0.3, 0.4) is 0 Å². The fraction of sp³-hybridized carbons (Fsp3) is 0.391. The van der Waals surface area contributed by atoms with Crippen LogP contribution in [0.15, 0.2) is 42.6 Å². The molecule has 0 spiro atoms. The highest BCUT2D eigenvalue weighted by atomic mass is 35.5. The number of nitrogens with one attached hydrogen (secondary N) is 1. The van der Waals surface area contributed by atoms with Crippen LogP contribution in [0.1, 0.15) is 40.7 Å². The maximum atomic E-state index is 14.1. The number of allylic oxidation sites excluding steroid dienone is 1. The molecule has 1 nitrogen and oxygen atoms in total. The van der Waals surface area contributed by atoms with E-state index < -0.39 is 23.3 Å². The SMILES string of the molecule is C=C(Nc1cc(C)c(F)c(CC(F)(F)F)c1)C1C(c2ccc(C)c(C)c2)C1(C)Cl. The normalized spacial score (nSPS) is 23.8. The van der Waals surface area contributed by atoms with E-state index in [0.717, 1.165) is 5.56 Å². The van der Waals surface area contributed by atoms with Crippen LogP contribution in [0, 0.1) is 32.5 Å². The van der Waals surface area contributed by atoms with Crippen LogP contribution in [0.25, 0.3) is 0 Å². The van der Waals surface area contributed by atoms with E-state index in [0.29, 0.717) is 11.4 Å². The molecule has 1 aliphatic carbocycles. The summed E-state index contributed by atoms with van der Waals surface area (Å²) in [6.07, 6.45) is -5.80. The van der Waals surface area contributed by atoms with Gasteiger partial charge in [-0.15, -0.1) is 11.6 Å². The lowest BCUT2D eigenvalue weighted by molar-refractivity contribution is -0.127. The fourth-order valence-electron chi connectivity index (χ4n) is 4.02. The van der Waals surface area contributed by atoms with Gasteiger partial charge in [0.25, 0.3) is 0 Å². The minimum absolute atomic E-state index is 0.0413. The molecule has 0 heterocycles. The highest BCUT2D eigenvalue weighted by Crippen LogP contribution is 2.64. The van der Waals surface area contributed by atoms with E-state index in [9.17, 15) is 17.6 Å². The quantitative estimate of drug-likeness (QED) is 0.394. The summed E-state index contributed by atoms with van der Waals surface area (Å²) in [5.74, 6) is -0.887. The summed E-state index contributed by atoms with van der Waals surface area (Å²) in [6, 6.07) is 8.89. The van der Waals surface area contributed by atoms with Crippen LogP contribution < -0.4 is 5.32 Å². The van der Waals surface area contributed by atoms with Crippen molar-refractivity contribution in [2.24, 2.45) is 5.92 Å². The van der Waals surface area contributed by atoms with Crippen LogP contribution >= 0.6 is 11.6 Å². The molecule has 6 heteroatoms. The number of benzene rings is 2. The smallest absolute Gasteiger partial charge is 0.359 e. The molecular formula is C23H24ClF4N. The molecular weight excluding hydrogens is 402 g/mol. The first kappa shape index (κ1) is 21.7. The number of hydrogen-bond donors (Lipinski definition) is 1. The number of halogens is 5. The third-order valence-electron chi connectivity index (χ3n) is 5.73. The van der Waals surface area contributed by atoms with Gasteiger partial charge in [-0.1, -0.05) is 24.8 Å². The lowest BCUT2D eigenvalue weighted by Gasteiger charge is -2.15. The maximum Gasteiger partial charge on any atom is 0.393 e. The second kappa shape index (κ2) is 7.35. The number of rotatable bonds is 5. The molecule has 2 aromatic rings. The second-order valence-corrected chi connectivity index (χ2v) is 8.97. The summed E-state index contributed by atoms with van der Waals surface area (Å²) in [6.45, 7) is 11.5. The van der Waals surface area contributed by atoms with Crippen molar-refractivity contribution in [2.75, 3.05) is 5.32 Å². The lowest BCUT2D eigenvalue weighted by atomic mass is 10.0. The van der Waals surface area contributed by atoms with E-state index in [2.05, 4.69) is 24.0 Å². The van der Waals surface area contributed by atoms with Crippen molar-refractivity contribution in [2.45, 2.75) is 51.1 Å². The van der Waals surface area contributed by atoms with Gasteiger partial charge in [-0.25, -0.2) is 4.39 Å². The summed E-state index contributed by atoms with van der Waals surface area (Å²) >= 11 is 6.73. The molecule has 2 aromatic carbocycles. The molecule has 1 fully saturated rings. The van der Waals surface area contributed by atoms with Crippen LogP contribution in [0.2, 0.25) is 0 Å². The Morgan fingerprint density at radius 3 is 2.34 bits per heavy atom. The van der Waals surface area contributed by atoms with Gasteiger partial charge in [0.15, 0.2) is 0 Å². The first-order valence-electron chi connectivity index (χ1n) is 9.39. The fourth-order valence-corrected chi connectivity index (χ4v) is 4.47. The largest absolute Gasteiger partial charge is 0.393 e. The van der Waals surface area contributed by atoms with E-state index in [1.807, 2.05) is 26.8 Å². The number of aryl methyl sites for hydroxylation is 3. The molecule has 3 atom stereocenters. The predicted molar refractivity (Wildman–Crippen MR) is 110 cm³/mol. The van der Waals surface area contributed by atoms with E-state index >= 15 is 0 Å². The minimum Gasteiger partial charge on any atom is -0.359 e. The van der Waals surface area contributed by atoms with Crippen molar-refractivity contribution >= 4 is 17.3 Å². The number of alkyl halides is 4. The summed E-state index contributed by atoms with van der Waals surface area (Å²) in [5.41, 5.74) is 4.22. The highest BCUT2D eigenvalue weighted by molar-refractivity contribution is 6.27.